The molecular weight excluding hydrogens is 279 g/mol. The lowest BCUT2D eigenvalue weighted by molar-refractivity contribution is 0.621. The number of rotatable bonds is 1. The molecule has 1 aliphatic heterocycles. The molecule has 1 aromatic rings. The Kier molecular flexibility index (Phi) is 3.64. The lowest BCUT2D eigenvalue weighted by Gasteiger charge is -2.13. The van der Waals surface area contributed by atoms with Gasteiger partial charge in [0.15, 0.2) is 5.17 Å². The maximum absolute atomic E-state index is 13.0. The summed E-state index contributed by atoms with van der Waals surface area (Å²) < 4.78 is 13.4. The number of thioether (sulfide) groups is 1. The number of hydrogen-bond acceptors (Lipinski definition) is 3. The Morgan fingerprint density at radius 2 is 2.33 bits per heavy atom. The first-order valence-corrected chi connectivity index (χ1v) is 6.43. The summed E-state index contributed by atoms with van der Waals surface area (Å²) in [7, 11) is 0. The van der Waals surface area contributed by atoms with Gasteiger partial charge in [0.05, 0.1) is 4.47 Å². The van der Waals surface area contributed by atoms with Crippen molar-refractivity contribution in [1.29, 1.82) is 0 Å². The fraction of sp³-hybridized carbons (Fsp3) is 0.300. The molecule has 1 heterocycles. The summed E-state index contributed by atoms with van der Waals surface area (Å²) in [6.45, 7) is 0.873. The molecule has 0 atom stereocenters. The van der Waals surface area contributed by atoms with Crippen LogP contribution in [0.2, 0.25) is 0 Å². The predicted octanol–water partition coefficient (Wildman–Crippen LogP) is 3.49. The molecule has 0 saturated carbocycles. The number of halogens is 2. The van der Waals surface area contributed by atoms with Crippen molar-refractivity contribution in [1.82, 2.24) is 0 Å². The third kappa shape index (κ3) is 2.95. The minimum Gasteiger partial charge on any atom is -0.335 e. The van der Waals surface area contributed by atoms with E-state index in [1.165, 1.54) is 6.07 Å². The van der Waals surface area contributed by atoms with E-state index in [-0.39, 0.29) is 5.82 Å². The van der Waals surface area contributed by atoms with E-state index in [1.807, 2.05) is 0 Å². The first-order chi connectivity index (χ1) is 7.25. The Labute approximate surface area is 100 Å². The third-order valence-corrected chi connectivity index (χ3v) is 3.57. The Morgan fingerprint density at radius 1 is 1.47 bits per heavy atom. The molecule has 0 spiro atoms. The predicted molar refractivity (Wildman–Crippen MR) is 67.1 cm³/mol. The molecule has 80 valence electrons. The fourth-order valence-electron chi connectivity index (χ4n) is 1.23. The molecule has 0 aliphatic carbocycles. The maximum Gasteiger partial charge on any atom is 0.161 e. The van der Waals surface area contributed by atoms with Gasteiger partial charge in [-0.2, -0.15) is 0 Å². The van der Waals surface area contributed by atoms with Gasteiger partial charge in [0.25, 0.3) is 0 Å². The number of nitrogens with zero attached hydrogens (tertiary/aromatic N) is 1. The van der Waals surface area contributed by atoms with Crippen molar-refractivity contribution in [2.24, 2.45) is 4.99 Å². The zero-order valence-electron chi connectivity index (χ0n) is 7.96. The second-order valence-corrected chi connectivity index (χ2v) is 5.08. The highest BCUT2D eigenvalue weighted by Gasteiger charge is 2.07. The van der Waals surface area contributed by atoms with Gasteiger partial charge in [-0.05, 0) is 40.5 Å². The highest BCUT2D eigenvalue weighted by molar-refractivity contribution is 9.10. The Bertz CT molecular complexity index is 395. The molecule has 1 aromatic carbocycles. The van der Waals surface area contributed by atoms with Crippen LogP contribution in [0, 0.1) is 5.82 Å². The molecule has 0 unspecified atom stereocenters. The summed E-state index contributed by atoms with van der Waals surface area (Å²) in [5, 5.41) is 4.08. The summed E-state index contributed by atoms with van der Waals surface area (Å²) >= 11 is 4.85. The number of benzene rings is 1. The highest BCUT2D eigenvalue weighted by atomic mass is 79.9. The number of hydrogen-bond donors (Lipinski definition) is 1. The largest absolute Gasteiger partial charge is 0.335 e. The summed E-state index contributed by atoms with van der Waals surface area (Å²) in [5.41, 5.74) is 0.858. The molecule has 0 saturated heterocycles. The smallest absolute Gasteiger partial charge is 0.161 e. The standard InChI is InChI=1S/C10H10BrFN2S/c11-8-6-7(2-3-9(8)12)14-10-13-4-1-5-15-10/h2-3,6H,1,4-5H2,(H,13,14). The SMILES string of the molecule is Fc1ccc(NC2=NCCCS2)cc1Br. The van der Waals surface area contributed by atoms with Gasteiger partial charge in [0.2, 0.25) is 0 Å². The van der Waals surface area contributed by atoms with Crippen LogP contribution in [-0.4, -0.2) is 17.5 Å². The Balaban J connectivity index is 2.10. The topological polar surface area (TPSA) is 24.4 Å². The van der Waals surface area contributed by atoms with Gasteiger partial charge in [-0.25, -0.2) is 4.39 Å². The first-order valence-electron chi connectivity index (χ1n) is 4.65. The minimum absolute atomic E-state index is 0.251. The molecule has 2 nitrogen and oxygen atoms in total. The molecule has 0 aromatic heterocycles. The van der Waals surface area contributed by atoms with Crippen molar-refractivity contribution in [2.75, 3.05) is 17.6 Å². The van der Waals surface area contributed by atoms with Crippen LogP contribution in [-0.2, 0) is 0 Å². The normalized spacial score (nSPS) is 16.0. The Morgan fingerprint density at radius 3 is 3.00 bits per heavy atom. The maximum atomic E-state index is 13.0. The molecule has 0 fully saturated rings. The quantitative estimate of drug-likeness (QED) is 0.855. The van der Waals surface area contributed by atoms with Crippen molar-refractivity contribution >= 4 is 38.5 Å². The zero-order chi connectivity index (χ0) is 10.7. The average Bonchev–Trinajstić information content (AvgIpc) is 2.25. The monoisotopic (exact) mass is 288 g/mol. The van der Waals surface area contributed by atoms with E-state index < -0.39 is 0 Å². The lowest BCUT2D eigenvalue weighted by Crippen LogP contribution is -2.13. The average molecular weight is 289 g/mol. The molecule has 1 N–H and O–H groups in total. The van der Waals surface area contributed by atoms with Gasteiger partial charge < -0.3 is 5.32 Å². The van der Waals surface area contributed by atoms with Crippen molar-refractivity contribution in [3.05, 3.63) is 28.5 Å². The molecule has 0 amide bonds. The van der Waals surface area contributed by atoms with Gasteiger partial charge >= 0.3 is 0 Å². The van der Waals surface area contributed by atoms with Gasteiger partial charge in [-0.3, -0.25) is 4.99 Å². The van der Waals surface area contributed by atoms with Gasteiger partial charge in [0, 0.05) is 18.0 Å². The van der Waals surface area contributed by atoms with Crippen LogP contribution < -0.4 is 5.32 Å². The van der Waals surface area contributed by atoms with Crippen LogP contribution in [0.4, 0.5) is 10.1 Å². The fourth-order valence-corrected chi connectivity index (χ4v) is 2.45. The van der Waals surface area contributed by atoms with E-state index in [0.29, 0.717) is 4.47 Å². The van der Waals surface area contributed by atoms with Gasteiger partial charge in [-0.1, -0.05) is 11.8 Å². The Hall–Kier alpha value is -0.550. The van der Waals surface area contributed by atoms with Crippen LogP contribution in [0.3, 0.4) is 0 Å². The van der Waals surface area contributed by atoms with Gasteiger partial charge in [-0.15, -0.1) is 0 Å². The van der Waals surface area contributed by atoms with Crippen LogP contribution in [0.5, 0.6) is 0 Å². The lowest BCUT2D eigenvalue weighted by atomic mass is 10.3. The summed E-state index contributed by atoms with van der Waals surface area (Å²) in [6, 6.07) is 4.85. The highest BCUT2D eigenvalue weighted by Crippen LogP contribution is 2.22. The number of aliphatic imine (C=N–C) groups is 1. The number of anilines is 1. The third-order valence-electron chi connectivity index (χ3n) is 1.97. The number of nitrogens with one attached hydrogen (secondary N) is 1. The second kappa shape index (κ2) is 4.99. The van der Waals surface area contributed by atoms with Crippen LogP contribution in [0.25, 0.3) is 0 Å². The van der Waals surface area contributed by atoms with Crippen LogP contribution >= 0.6 is 27.7 Å². The van der Waals surface area contributed by atoms with Crippen molar-refractivity contribution in [3.8, 4) is 0 Å². The summed E-state index contributed by atoms with van der Waals surface area (Å²) in [6.07, 6.45) is 1.13. The van der Waals surface area contributed by atoms with Crippen LogP contribution in [0.1, 0.15) is 6.42 Å². The summed E-state index contributed by atoms with van der Waals surface area (Å²) in [4.78, 5) is 4.34. The first kappa shape index (κ1) is 11.0. The summed E-state index contributed by atoms with van der Waals surface area (Å²) in [5.74, 6) is 0.840. The zero-order valence-corrected chi connectivity index (χ0v) is 10.4. The molecule has 1 aliphatic rings. The second-order valence-electron chi connectivity index (χ2n) is 3.14. The molecule has 15 heavy (non-hydrogen) atoms. The van der Waals surface area contributed by atoms with E-state index in [4.69, 9.17) is 0 Å². The van der Waals surface area contributed by atoms with E-state index >= 15 is 0 Å². The molecule has 0 radical (unpaired) electrons. The van der Waals surface area contributed by atoms with Crippen molar-refractivity contribution < 1.29 is 4.39 Å². The van der Waals surface area contributed by atoms with E-state index in [0.717, 1.165) is 29.6 Å². The van der Waals surface area contributed by atoms with E-state index in [9.17, 15) is 4.39 Å². The van der Waals surface area contributed by atoms with E-state index in [1.54, 1.807) is 23.9 Å². The van der Waals surface area contributed by atoms with Crippen LogP contribution in [0.15, 0.2) is 27.7 Å². The number of amidine groups is 1. The molecule has 5 heteroatoms. The van der Waals surface area contributed by atoms with E-state index in [2.05, 4.69) is 26.2 Å². The minimum atomic E-state index is -0.251. The van der Waals surface area contributed by atoms with Crippen molar-refractivity contribution in [3.63, 3.8) is 0 Å². The molecule has 0 bridgehead atoms. The molecular formula is C10H10BrFN2S. The molecule has 2 rings (SSSR count). The van der Waals surface area contributed by atoms with Crippen molar-refractivity contribution in [2.45, 2.75) is 6.42 Å². The van der Waals surface area contributed by atoms with Gasteiger partial charge in [0.1, 0.15) is 5.82 Å².